The first-order chi connectivity index (χ1) is 11.8. The summed E-state index contributed by atoms with van der Waals surface area (Å²) in [6, 6.07) is 7.92. The van der Waals surface area contributed by atoms with Crippen LogP contribution in [0.15, 0.2) is 55.4 Å². The third-order valence-corrected chi connectivity index (χ3v) is 4.05. The molecule has 0 saturated carbocycles. The van der Waals surface area contributed by atoms with E-state index in [9.17, 15) is 4.79 Å². The minimum absolute atomic E-state index is 0.117. The van der Waals surface area contributed by atoms with Gasteiger partial charge in [0, 0.05) is 24.3 Å². The second-order valence-corrected chi connectivity index (χ2v) is 7.10. The molecule has 0 fully saturated rings. The third kappa shape index (κ3) is 3.79. The minimum Gasteiger partial charge on any atom is -0.345 e. The highest BCUT2D eigenvalue weighted by Gasteiger charge is 2.18. The van der Waals surface area contributed by atoms with Gasteiger partial charge >= 0.3 is 0 Å². The van der Waals surface area contributed by atoms with Gasteiger partial charge in [-0.25, -0.2) is 4.98 Å². The topological polar surface area (TPSA) is 64.7 Å². The standard InChI is InChI=1S/C19H23N5O/c1-14(15-6-5-7-17(10-15)23-9-8-20-13-23)22-18(25)16-11-21-24(12-16)19(2,3)4/h5-14H,1-4H3,(H,22,25)/t14-/m0/s1. The summed E-state index contributed by atoms with van der Waals surface area (Å²) in [5, 5.41) is 7.31. The molecule has 0 aliphatic heterocycles. The zero-order valence-corrected chi connectivity index (χ0v) is 15.0. The summed E-state index contributed by atoms with van der Waals surface area (Å²) < 4.78 is 3.73. The number of imidazole rings is 1. The van der Waals surface area contributed by atoms with Crippen LogP contribution in [0.1, 0.15) is 49.7 Å². The van der Waals surface area contributed by atoms with Crippen molar-refractivity contribution >= 4 is 5.91 Å². The molecule has 0 radical (unpaired) electrons. The van der Waals surface area contributed by atoms with Gasteiger partial charge in [-0.2, -0.15) is 5.10 Å². The Morgan fingerprint density at radius 3 is 2.72 bits per heavy atom. The fourth-order valence-electron chi connectivity index (χ4n) is 2.54. The highest BCUT2D eigenvalue weighted by Crippen LogP contribution is 2.18. The Morgan fingerprint density at radius 2 is 2.08 bits per heavy atom. The van der Waals surface area contributed by atoms with E-state index < -0.39 is 0 Å². The normalized spacial score (nSPS) is 12.8. The van der Waals surface area contributed by atoms with Crippen LogP contribution in [0.25, 0.3) is 5.69 Å². The van der Waals surface area contributed by atoms with Crippen LogP contribution in [-0.4, -0.2) is 25.2 Å². The molecule has 0 spiro atoms. The maximum Gasteiger partial charge on any atom is 0.254 e. The zero-order valence-electron chi connectivity index (χ0n) is 15.0. The van der Waals surface area contributed by atoms with Gasteiger partial charge in [-0.05, 0) is 45.4 Å². The van der Waals surface area contributed by atoms with Crippen molar-refractivity contribution in [1.82, 2.24) is 24.6 Å². The second-order valence-electron chi connectivity index (χ2n) is 7.10. The summed E-state index contributed by atoms with van der Waals surface area (Å²) >= 11 is 0. The van der Waals surface area contributed by atoms with E-state index >= 15 is 0 Å². The Bertz CT molecular complexity index is 858. The predicted molar refractivity (Wildman–Crippen MR) is 96.7 cm³/mol. The smallest absolute Gasteiger partial charge is 0.254 e. The van der Waals surface area contributed by atoms with Crippen LogP contribution >= 0.6 is 0 Å². The van der Waals surface area contributed by atoms with Crippen LogP contribution in [-0.2, 0) is 5.54 Å². The lowest BCUT2D eigenvalue weighted by Gasteiger charge is -2.18. The van der Waals surface area contributed by atoms with E-state index in [-0.39, 0.29) is 17.5 Å². The maximum absolute atomic E-state index is 12.5. The minimum atomic E-state index is -0.150. The quantitative estimate of drug-likeness (QED) is 0.794. The van der Waals surface area contributed by atoms with Crippen LogP contribution in [0.4, 0.5) is 0 Å². The third-order valence-electron chi connectivity index (χ3n) is 4.05. The fourth-order valence-corrected chi connectivity index (χ4v) is 2.54. The van der Waals surface area contributed by atoms with Gasteiger partial charge in [0.2, 0.25) is 0 Å². The molecule has 0 saturated heterocycles. The largest absolute Gasteiger partial charge is 0.345 e. The van der Waals surface area contributed by atoms with Gasteiger partial charge in [0.25, 0.3) is 5.91 Å². The van der Waals surface area contributed by atoms with Gasteiger partial charge in [-0.3, -0.25) is 9.48 Å². The number of carbonyl (C=O) groups is 1. The number of aromatic nitrogens is 4. The van der Waals surface area contributed by atoms with Crippen molar-refractivity contribution < 1.29 is 4.79 Å². The van der Waals surface area contributed by atoms with E-state index in [1.54, 1.807) is 29.6 Å². The van der Waals surface area contributed by atoms with Gasteiger partial charge < -0.3 is 9.88 Å². The molecule has 6 heteroatoms. The van der Waals surface area contributed by atoms with Crippen molar-refractivity contribution in [1.29, 1.82) is 0 Å². The first kappa shape index (κ1) is 17.0. The molecule has 1 amide bonds. The van der Waals surface area contributed by atoms with Crippen molar-refractivity contribution in [2.24, 2.45) is 0 Å². The molecule has 1 N–H and O–H groups in total. The molecule has 0 aliphatic rings. The number of hydrogen-bond acceptors (Lipinski definition) is 3. The molecule has 0 unspecified atom stereocenters. The van der Waals surface area contributed by atoms with Crippen LogP contribution in [0.3, 0.4) is 0 Å². The highest BCUT2D eigenvalue weighted by molar-refractivity contribution is 5.93. The predicted octanol–water partition coefficient (Wildman–Crippen LogP) is 3.31. The number of amides is 1. The lowest BCUT2D eigenvalue weighted by molar-refractivity contribution is 0.0939. The number of nitrogens with zero attached hydrogens (tertiary/aromatic N) is 4. The average molecular weight is 337 g/mol. The molecule has 6 nitrogen and oxygen atoms in total. The molecule has 130 valence electrons. The van der Waals surface area contributed by atoms with Crippen LogP contribution < -0.4 is 5.32 Å². The Balaban J connectivity index is 1.74. The number of benzene rings is 1. The molecule has 2 aromatic heterocycles. The van der Waals surface area contributed by atoms with E-state index in [1.807, 2.05) is 62.7 Å². The van der Waals surface area contributed by atoms with Crippen molar-refractivity contribution in [2.45, 2.75) is 39.3 Å². The van der Waals surface area contributed by atoms with E-state index in [2.05, 4.69) is 15.4 Å². The summed E-state index contributed by atoms with van der Waals surface area (Å²) in [6.45, 7) is 8.11. The van der Waals surface area contributed by atoms with Crippen molar-refractivity contribution in [2.75, 3.05) is 0 Å². The van der Waals surface area contributed by atoms with Crippen molar-refractivity contribution in [3.63, 3.8) is 0 Å². The molecule has 3 rings (SSSR count). The molecule has 2 heterocycles. The second kappa shape index (κ2) is 6.55. The number of rotatable bonds is 4. The lowest BCUT2D eigenvalue weighted by Crippen LogP contribution is -2.27. The van der Waals surface area contributed by atoms with Gasteiger partial charge in [-0.15, -0.1) is 0 Å². The fraction of sp³-hybridized carbons (Fsp3) is 0.316. The summed E-state index contributed by atoms with van der Waals surface area (Å²) in [7, 11) is 0. The Hall–Kier alpha value is -2.89. The Morgan fingerprint density at radius 1 is 1.28 bits per heavy atom. The summed E-state index contributed by atoms with van der Waals surface area (Å²) in [4.78, 5) is 16.6. The highest BCUT2D eigenvalue weighted by atomic mass is 16.1. The number of hydrogen-bond donors (Lipinski definition) is 1. The Labute approximate surface area is 147 Å². The van der Waals surface area contributed by atoms with Crippen LogP contribution in [0, 0.1) is 0 Å². The summed E-state index contributed by atoms with van der Waals surface area (Å²) in [5.41, 5.74) is 2.45. The van der Waals surface area contributed by atoms with Gasteiger partial charge in [-0.1, -0.05) is 12.1 Å². The zero-order chi connectivity index (χ0) is 18.0. The lowest BCUT2D eigenvalue weighted by atomic mass is 10.1. The molecule has 0 aliphatic carbocycles. The van der Waals surface area contributed by atoms with Gasteiger partial charge in [0.05, 0.1) is 29.7 Å². The number of carbonyl (C=O) groups excluding carboxylic acids is 1. The Kier molecular flexibility index (Phi) is 4.44. The monoisotopic (exact) mass is 337 g/mol. The molecule has 0 bridgehead atoms. The molecular formula is C19H23N5O. The number of nitrogens with one attached hydrogen (secondary N) is 1. The average Bonchev–Trinajstić information content (AvgIpc) is 3.26. The van der Waals surface area contributed by atoms with Crippen LogP contribution in [0.5, 0.6) is 0 Å². The van der Waals surface area contributed by atoms with E-state index in [4.69, 9.17) is 0 Å². The maximum atomic E-state index is 12.5. The molecular weight excluding hydrogens is 314 g/mol. The first-order valence-electron chi connectivity index (χ1n) is 8.29. The van der Waals surface area contributed by atoms with E-state index in [1.165, 1.54) is 0 Å². The van der Waals surface area contributed by atoms with Crippen molar-refractivity contribution in [3.05, 3.63) is 66.5 Å². The van der Waals surface area contributed by atoms with Gasteiger partial charge in [0.15, 0.2) is 0 Å². The van der Waals surface area contributed by atoms with Crippen molar-refractivity contribution in [3.8, 4) is 5.69 Å². The van der Waals surface area contributed by atoms with Gasteiger partial charge in [0.1, 0.15) is 0 Å². The first-order valence-corrected chi connectivity index (χ1v) is 8.29. The van der Waals surface area contributed by atoms with E-state index in [0.29, 0.717) is 5.56 Å². The molecule has 1 atom stereocenters. The van der Waals surface area contributed by atoms with Crippen LogP contribution in [0.2, 0.25) is 0 Å². The van der Waals surface area contributed by atoms with E-state index in [0.717, 1.165) is 11.3 Å². The molecule has 3 aromatic rings. The SMILES string of the molecule is C[C@H](NC(=O)c1cnn(C(C)(C)C)c1)c1cccc(-n2ccnc2)c1. The summed E-state index contributed by atoms with van der Waals surface area (Å²) in [5.74, 6) is -0.129. The summed E-state index contributed by atoms with van der Waals surface area (Å²) in [6.07, 6.45) is 8.77. The molecule has 25 heavy (non-hydrogen) atoms. The molecule has 1 aromatic carbocycles.